The molecule has 0 N–H and O–H groups in total. The molecule has 4 amide bonds. The molecule has 2 aliphatic rings. The van der Waals surface area contributed by atoms with Gasteiger partial charge in [-0.3, -0.25) is 19.4 Å². The third kappa shape index (κ3) is 3.96. The molecule has 1 aromatic rings. The second-order valence-corrected chi connectivity index (χ2v) is 6.77. The maximum absolute atomic E-state index is 12.9. The molecule has 2 heterocycles. The Hall–Kier alpha value is -2.62. The largest absolute Gasteiger partial charge is 0.416 e. The zero-order valence-corrected chi connectivity index (χ0v) is 15.4. The van der Waals surface area contributed by atoms with Gasteiger partial charge in [-0.1, -0.05) is 13.0 Å². The van der Waals surface area contributed by atoms with Crippen LogP contribution in [0, 0.1) is 0 Å². The van der Waals surface area contributed by atoms with Crippen LogP contribution in [0.1, 0.15) is 18.9 Å². The van der Waals surface area contributed by atoms with Crippen LogP contribution < -0.4 is 4.90 Å². The minimum Gasteiger partial charge on any atom is -0.369 e. The molecule has 1 aromatic carbocycles. The van der Waals surface area contributed by atoms with Crippen molar-refractivity contribution in [3.8, 4) is 0 Å². The average molecular weight is 398 g/mol. The molecule has 0 spiro atoms. The normalized spacial score (nSPS) is 19.1. The molecule has 0 unspecified atom stereocenters. The Morgan fingerprint density at radius 3 is 2.21 bits per heavy atom. The number of rotatable bonds is 5. The predicted molar refractivity (Wildman–Crippen MR) is 94.3 cm³/mol. The number of carbonyl (C=O) groups excluding carboxylic acids is 3. The van der Waals surface area contributed by atoms with Gasteiger partial charge in [0.2, 0.25) is 0 Å². The molecule has 0 bridgehead atoms. The number of anilines is 1. The fraction of sp³-hybridized carbons (Fsp3) is 0.500. The summed E-state index contributed by atoms with van der Waals surface area (Å²) in [5.74, 6) is -1.65. The molecule has 0 saturated carbocycles. The highest BCUT2D eigenvalue weighted by Crippen LogP contribution is 2.31. The van der Waals surface area contributed by atoms with E-state index in [1.807, 2.05) is 9.80 Å². The highest BCUT2D eigenvalue weighted by atomic mass is 19.4. The summed E-state index contributed by atoms with van der Waals surface area (Å²) in [7, 11) is 0. The summed E-state index contributed by atoms with van der Waals surface area (Å²) >= 11 is 0. The van der Waals surface area contributed by atoms with Crippen LogP contribution in [-0.4, -0.2) is 71.9 Å². The minimum atomic E-state index is -4.40. The smallest absolute Gasteiger partial charge is 0.369 e. The predicted octanol–water partition coefficient (Wildman–Crippen LogP) is 1.99. The maximum Gasteiger partial charge on any atom is 0.416 e. The number of amides is 4. The number of benzene rings is 1. The van der Waals surface area contributed by atoms with Gasteiger partial charge in [-0.2, -0.15) is 13.2 Å². The first-order valence-electron chi connectivity index (χ1n) is 9.04. The van der Waals surface area contributed by atoms with Gasteiger partial charge < -0.3 is 4.90 Å². The summed E-state index contributed by atoms with van der Waals surface area (Å²) in [6, 6.07) is 4.53. The SMILES string of the molecule is CCCN1C(=O)C(=O)N(CN2CCN(c3cccc(C(F)(F)F)c3)CC2)C1=O. The van der Waals surface area contributed by atoms with Gasteiger partial charge in [0.15, 0.2) is 0 Å². The van der Waals surface area contributed by atoms with Gasteiger partial charge in [0.05, 0.1) is 12.2 Å². The van der Waals surface area contributed by atoms with Crippen LogP contribution >= 0.6 is 0 Å². The molecule has 28 heavy (non-hydrogen) atoms. The number of piperazine rings is 1. The van der Waals surface area contributed by atoms with Crippen molar-refractivity contribution in [2.45, 2.75) is 19.5 Å². The Bertz CT molecular complexity index is 776. The molecule has 0 atom stereocenters. The molecule has 2 fully saturated rings. The number of carbonyl (C=O) groups is 3. The number of urea groups is 1. The lowest BCUT2D eigenvalue weighted by Gasteiger charge is -2.37. The second-order valence-electron chi connectivity index (χ2n) is 6.77. The number of hydrogen-bond donors (Lipinski definition) is 0. The van der Waals surface area contributed by atoms with Crippen LogP contribution in [0.5, 0.6) is 0 Å². The lowest BCUT2D eigenvalue weighted by Crippen LogP contribution is -2.51. The van der Waals surface area contributed by atoms with E-state index in [0.717, 1.165) is 21.9 Å². The fourth-order valence-electron chi connectivity index (χ4n) is 3.32. The molecule has 7 nitrogen and oxygen atoms in total. The van der Waals surface area contributed by atoms with Crippen LogP contribution in [0.4, 0.5) is 23.7 Å². The Balaban J connectivity index is 1.60. The summed E-state index contributed by atoms with van der Waals surface area (Å²) in [4.78, 5) is 41.8. The summed E-state index contributed by atoms with van der Waals surface area (Å²) in [5, 5.41) is 0. The van der Waals surface area contributed by atoms with Crippen molar-refractivity contribution in [1.82, 2.24) is 14.7 Å². The molecule has 10 heteroatoms. The van der Waals surface area contributed by atoms with Gasteiger partial charge in [0, 0.05) is 38.4 Å². The van der Waals surface area contributed by atoms with Crippen LogP contribution in [0.15, 0.2) is 24.3 Å². The lowest BCUT2D eigenvalue weighted by atomic mass is 10.1. The number of hydrogen-bond acceptors (Lipinski definition) is 5. The quantitative estimate of drug-likeness (QED) is 0.561. The van der Waals surface area contributed by atoms with E-state index >= 15 is 0 Å². The molecule has 0 radical (unpaired) electrons. The first-order valence-corrected chi connectivity index (χ1v) is 9.04. The van der Waals surface area contributed by atoms with E-state index in [0.29, 0.717) is 38.3 Å². The third-order valence-electron chi connectivity index (χ3n) is 4.83. The van der Waals surface area contributed by atoms with Crippen LogP contribution in [0.2, 0.25) is 0 Å². The molecule has 2 aliphatic heterocycles. The van der Waals surface area contributed by atoms with Crippen molar-refractivity contribution in [3.05, 3.63) is 29.8 Å². The van der Waals surface area contributed by atoms with E-state index in [2.05, 4.69) is 0 Å². The first kappa shape index (κ1) is 20.1. The van der Waals surface area contributed by atoms with Crippen molar-refractivity contribution >= 4 is 23.5 Å². The molecule has 152 valence electrons. The van der Waals surface area contributed by atoms with Gasteiger partial charge in [-0.05, 0) is 24.6 Å². The van der Waals surface area contributed by atoms with Crippen molar-refractivity contribution < 1.29 is 27.6 Å². The van der Waals surface area contributed by atoms with Gasteiger partial charge in [-0.25, -0.2) is 9.69 Å². The number of nitrogens with zero attached hydrogens (tertiary/aromatic N) is 4. The highest BCUT2D eigenvalue weighted by molar-refractivity contribution is 6.44. The monoisotopic (exact) mass is 398 g/mol. The topological polar surface area (TPSA) is 64.2 Å². The summed E-state index contributed by atoms with van der Waals surface area (Å²) < 4.78 is 38.7. The molecule has 0 aliphatic carbocycles. The van der Waals surface area contributed by atoms with E-state index in [9.17, 15) is 27.6 Å². The Labute approximate surface area is 160 Å². The van der Waals surface area contributed by atoms with Crippen molar-refractivity contribution in [2.24, 2.45) is 0 Å². The zero-order chi connectivity index (χ0) is 20.5. The van der Waals surface area contributed by atoms with Crippen molar-refractivity contribution in [1.29, 1.82) is 0 Å². The average Bonchev–Trinajstić information content (AvgIpc) is 2.86. The summed E-state index contributed by atoms with van der Waals surface area (Å²) in [5.41, 5.74) is -0.220. The molecule has 0 aromatic heterocycles. The highest BCUT2D eigenvalue weighted by Gasteiger charge is 2.44. The van der Waals surface area contributed by atoms with Gasteiger partial charge in [0.25, 0.3) is 0 Å². The molecule has 2 saturated heterocycles. The summed E-state index contributed by atoms with van der Waals surface area (Å²) in [6.45, 7) is 3.81. The van der Waals surface area contributed by atoms with E-state index in [1.165, 1.54) is 6.07 Å². The molecular weight excluding hydrogens is 377 g/mol. The third-order valence-corrected chi connectivity index (χ3v) is 4.83. The first-order chi connectivity index (χ1) is 13.2. The number of imide groups is 2. The standard InChI is InChI=1S/C18H21F3N4O3/c1-2-6-24-15(26)16(27)25(17(24)28)12-22-7-9-23(10-8-22)14-5-3-4-13(11-14)18(19,20)21/h3-5,11H,2,6-10,12H2,1H3. The van der Waals surface area contributed by atoms with Crippen LogP contribution in [0.3, 0.4) is 0 Å². The molecule has 3 rings (SSSR count). The number of alkyl halides is 3. The second kappa shape index (κ2) is 7.78. The number of halogens is 3. The van der Waals surface area contributed by atoms with Crippen LogP contribution in [0.25, 0.3) is 0 Å². The maximum atomic E-state index is 12.9. The van der Waals surface area contributed by atoms with Gasteiger partial charge in [-0.15, -0.1) is 0 Å². The lowest BCUT2D eigenvalue weighted by molar-refractivity contribution is -0.144. The fourth-order valence-corrected chi connectivity index (χ4v) is 3.32. The van der Waals surface area contributed by atoms with Crippen molar-refractivity contribution in [2.75, 3.05) is 44.3 Å². The Morgan fingerprint density at radius 1 is 0.964 bits per heavy atom. The Morgan fingerprint density at radius 2 is 1.61 bits per heavy atom. The van der Waals surface area contributed by atoms with Crippen LogP contribution in [-0.2, 0) is 15.8 Å². The zero-order valence-electron chi connectivity index (χ0n) is 15.4. The van der Waals surface area contributed by atoms with Crippen molar-refractivity contribution in [3.63, 3.8) is 0 Å². The van der Waals surface area contributed by atoms with E-state index in [4.69, 9.17) is 0 Å². The van der Waals surface area contributed by atoms with E-state index in [1.54, 1.807) is 13.0 Å². The van der Waals surface area contributed by atoms with Gasteiger partial charge >= 0.3 is 24.0 Å². The molecular formula is C18H21F3N4O3. The Kier molecular flexibility index (Phi) is 5.59. The van der Waals surface area contributed by atoms with Gasteiger partial charge in [0.1, 0.15) is 0 Å². The van der Waals surface area contributed by atoms with E-state index in [-0.39, 0.29) is 13.2 Å². The van der Waals surface area contributed by atoms with E-state index < -0.39 is 29.6 Å². The minimum absolute atomic E-state index is 0.0000513. The summed E-state index contributed by atoms with van der Waals surface area (Å²) in [6.07, 6.45) is -3.83.